The molecule has 150 valence electrons. The molecule has 0 aliphatic rings. The van der Waals surface area contributed by atoms with Crippen LogP contribution < -0.4 is 10.1 Å². The van der Waals surface area contributed by atoms with Gasteiger partial charge < -0.3 is 15.0 Å². The molecule has 0 saturated carbocycles. The van der Waals surface area contributed by atoms with Crippen LogP contribution >= 0.6 is 23.2 Å². The van der Waals surface area contributed by atoms with E-state index in [4.69, 9.17) is 27.9 Å². The van der Waals surface area contributed by atoms with Crippen LogP contribution in [-0.4, -0.2) is 36.9 Å². The molecule has 0 fully saturated rings. The van der Waals surface area contributed by atoms with Crippen LogP contribution in [0.1, 0.15) is 24.5 Å². The molecule has 28 heavy (non-hydrogen) atoms. The molecule has 1 N–H and O–H groups in total. The second-order valence-corrected chi connectivity index (χ2v) is 7.10. The van der Waals surface area contributed by atoms with Gasteiger partial charge in [0, 0.05) is 23.6 Å². The van der Waals surface area contributed by atoms with Gasteiger partial charge in [0.15, 0.2) is 0 Å². The van der Waals surface area contributed by atoms with E-state index in [1.165, 1.54) is 0 Å². The summed E-state index contributed by atoms with van der Waals surface area (Å²) >= 11 is 12.5. The summed E-state index contributed by atoms with van der Waals surface area (Å²) in [5.74, 6) is 0.240. The Bertz CT molecular complexity index is 822. The summed E-state index contributed by atoms with van der Waals surface area (Å²) in [7, 11) is 3.14. The summed E-state index contributed by atoms with van der Waals surface area (Å²) in [4.78, 5) is 27.2. The minimum atomic E-state index is -0.607. The van der Waals surface area contributed by atoms with Gasteiger partial charge in [-0.2, -0.15) is 0 Å². The molecule has 0 radical (unpaired) electrons. The number of hydrogen-bond acceptors (Lipinski definition) is 3. The standard InChI is InChI=1S/C21H24Cl2N2O3/c1-4-19(21(27)24-2)25(13-14-7-5-8-15(11-14)28-3)20(26)12-16-17(22)9-6-10-18(16)23/h5-11,19H,4,12-13H2,1-3H3,(H,24,27). The van der Waals surface area contributed by atoms with Crippen LogP contribution in [0.25, 0.3) is 0 Å². The molecule has 0 spiro atoms. The number of hydrogen-bond donors (Lipinski definition) is 1. The Labute approximate surface area is 175 Å². The fraction of sp³-hybridized carbons (Fsp3) is 0.333. The molecule has 7 heteroatoms. The van der Waals surface area contributed by atoms with E-state index in [0.29, 0.717) is 27.8 Å². The van der Waals surface area contributed by atoms with E-state index in [0.717, 1.165) is 5.56 Å². The quantitative estimate of drug-likeness (QED) is 0.696. The van der Waals surface area contributed by atoms with Gasteiger partial charge in [-0.15, -0.1) is 0 Å². The topological polar surface area (TPSA) is 58.6 Å². The van der Waals surface area contributed by atoms with Gasteiger partial charge in [-0.1, -0.05) is 48.3 Å². The van der Waals surface area contributed by atoms with Crippen molar-refractivity contribution in [3.63, 3.8) is 0 Å². The maximum absolute atomic E-state index is 13.2. The third-order valence-corrected chi connectivity index (χ3v) is 5.22. The highest BCUT2D eigenvalue weighted by atomic mass is 35.5. The lowest BCUT2D eigenvalue weighted by molar-refractivity contribution is -0.140. The Morgan fingerprint density at radius 3 is 2.36 bits per heavy atom. The molecule has 0 aromatic heterocycles. The van der Waals surface area contributed by atoms with Crippen LogP contribution in [0.5, 0.6) is 5.75 Å². The molecule has 0 heterocycles. The highest BCUT2D eigenvalue weighted by Gasteiger charge is 2.28. The van der Waals surface area contributed by atoms with Crippen LogP contribution in [0.2, 0.25) is 10.0 Å². The first-order valence-corrected chi connectivity index (χ1v) is 9.73. The number of benzene rings is 2. The van der Waals surface area contributed by atoms with Crippen molar-refractivity contribution < 1.29 is 14.3 Å². The molecular weight excluding hydrogens is 399 g/mol. The molecule has 0 saturated heterocycles. The monoisotopic (exact) mass is 422 g/mol. The summed E-state index contributed by atoms with van der Waals surface area (Å²) in [6.07, 6.45) is 0.488. The molecule has 2 rings (SSSR count). The number of amides is 2. The number of carbonyl (C=O) groups is 2. The Morgan fingerprint density at radius 1 is 1.14 bits per heavy atom. The number of methoxy groups -OCH3 is 1. The number of carbonyl (C=O) groups excluding carboxylic acids is 2. The second-order valence-electron chi connectivity index (χ2n) is 6.29. The number of rotatable bonds is 8. The van der Waals surface area contributed by atoms with E-state index < -0.39 is 6.04 Å². The van der Waals surface area contributed by atoms with Gasteiger partial charge in [0.25, 0.3) is 0 Å². The molecule has 2 amide bonds. The summed E-state index contributed by atoms with van der Waals surface area (Å²) in [6.45, 7) is 2.14. The SMILES string of the molecule is CCC(C(=O)NC)N(Cc1cccc(OC)c1)C(=O)Cc1c(Cl)cccc1Cl. The maximum Gasteiger partial charge on any atom is 0.242 e. The van der Waals surface area contributed by atoms with Crippen molar-refractivity contribution in [1.82, 2.24) is 10.2 Å². The van der Waals surface area contributed by atoms with Gasteiger partial charge in [0.2, 0.25) is 11.8 Å². The zero-order chi connectivity index (χ0) is 20.7. The summed E-state index contributed by atoms with van der Waals surface area (Å²) < 4.78 is 5.26. The predicted octanol–water partition coefficient (Wildman–Crippen LogP) is 4.10. The Balaban J connectivity index is 2.36. The van der Waals surface area contributed by atoms with E-state index in [1.807, 2.05) is 31.2 Å². The third-order valence-electron chi connectivity index (χ3n) is 4.51. The van der Waals surface area contributed by atoms with E-state index in [1.54, 1.807) is 37.3 Å². The van der Waals surface area contributed by atoms with Crippen LogP contribution in [0.4, 0.5) is 0 Å². The zero-order valence-electron chi connectivity index (χ0n) is 16.2. The number of halogens is 2. The van der Waals surface area contributed by atoms with Gasteiger partial charge in [0.1, 0.15) is 11.8 Å². The van der Waals surface area contributed by atoms with Crippen molar-refractivity contribution >= 4 is 35.0 Å². The Hall–Kier alpha value is -2.24. The third kappa shape index (κ3) is 5.40. The fourth-order valence-corrected chi connectivity index (χ4v) is 3.54. The molecular formula is C21H24Cl2N2O3. The largest absolute Gasteiger partial charge is 0.497 e. The summed E-state index contributed by atoms with van der Waals surface area (Å²) in [5.41, 5.74) is 1.42. The zero-order valence-corrected chi connectivity index (χ0v) is 17.7. The molecule has 0 bridgehead atoms. The van der Waals surface area contributed by atoms with Crippen molar-refractivity contribution in [2.24, 2.45) is 0 Å². The Morgan fingerprint density at radius 2 is 1.79 bits per heavy atom. The van der Waals surface area contributed by atoms with E-state index in [9.17, 15) is 9.59 Å². The normalized spacial score (nSPS) is 11.6. The number of likely N-dealkylation sites (N-methyl/N-ethyl adjacent to an activating group) is 1. The molecule has 2 aromatic rings. The molecule has 0 aliphatic carbocycles. The highest BCUT2D eigenvalue weighted by molar-refractivity contribution is 6.36. The minimum Gasteiger partial charge on any atom is -0.497 e. The highest BCUT2D eigenvalue weighted by Crippen LogP contribution is 2.26. The van der Waals surface area contributed by atoms with Crippen LogP contribution in [0, 0.1) is 0 Å². The fourth-order valence-electron chi connectivity index (χ4n) is 3.01. The average molecular weight is 423 g/mol. The minimum absolute atomic E-state index is 0.00989. The maximum atomic E-state index is 13.2. The van der Waals surface area contributed by atoms with Gasteiger partial charge in [-0.05, 0) is 41.8 Å². The smallest absolute Gasteiger partial charge is 0.242 e. The van der Waals surface area contributed by atoms with Crippen molar-refractivity contribution in [3.8, 4) is 5.75 Å². The lowest BCUT2D eigenvalue weighted by atomic mass is 10.1. The van der Waals surface area contributed by atoms with E-state index >= 15 is 0 Å². The first-order valence-electron chi connectivity index (χ1n) is 8.98. The van der Waals surface area contributed by atoms with Crippen LogP contribution in [0.15, 0.2) is 42.5 Å². The average Bonchev–Trinajstić information content (AvgIpc) is 2.70. The van der Waals surface area contributed by atoms with Gasteiger partial charge >= 0.3 is 0 Å². The summed E-state index contributed by atoms with van der Waals surface area (Å²) in [6, 6.07) is 11.9. The van der Waals surface area contributed by atoms with Crippen molar-refractivity contribution in [1.29, 1.82) is 0 Å². The van der Waals surface area contributed by atoms with Gasteiger partial charge in [0.05, 0.1) is 13.5 Å². The van der Waals surface area contributed by atoms with Crippen LogP contribution in [0.3, 0.4) is 0 Å². The molecule has 1 atom stereocenters. The first-order chi connectivity index (χ1) is 13.4. The van der Waals surface area contributed by atoms with Crippen molar-refractivity contribution in [3.05, 3.63) is 63.6 Å². The lowest BCUT2D eigenvalue weighted by Gasteiger charge is -2.30. The summed E-state index contributed by atoms with van der Waals surface area (Å²) in [5, 5.41) is 3.49. The van der Waals surface area contributed by atoms with Gasteiger partial charge in [-0.3, -0.25) is 9.59 Å². The van der Waals surface area contributed by atoms with Crippen LogP contribution in [-0.2, 0) is 22.6 Å². The van der Waals surface area contributed by atoms with Crippen molar-refractivity contribution in [2.45, 2.75) is 32.4 Å². The first kappa shape index (κ1) is 22.1. The molecule has 1 unspecified atom stereocenters. The van der Waals surface area contributed by atoms with Gasteiger partial charge in [-0.25, -0.2) is 0 Å². The number of ether oxygens (including phenoxy) is 1. The second kappa shape index (κ2) is 10.3. The van der Waals surface area contributed by atoms with E-state index in [2.05, 4.69) is 5.32 Å². The number of nitrogens with zero attached hydrogens (tertiary/aromatic N) is 1. The van der Waals surface area contributed by atoms with E-state index in [-0.39, 0.29) is 24.8 Å². The molecule has 0 aliphatic heterocycles. The molecule has 5 nitrogen and oxygen atoms in total. The van der Waals surface area contributed by atoms with Crippen molar-refractivity contribution in [2.75, 3.05) is 14.2 Å². The number of nitrogens with one attached hydrogen (secondary N) is 1. The molecule has 2 aromatic carbocycles. The Kier molecular flexibility index (Phi) is 8.15. The predicted molar refractivity (Wildman–Crippen MR) is 112 cm³/mol. The lowest BCUT2D eigenvalue weighted by Crippen LogP contribution is -2.48.